The van der Waals surface area contributed by atoms with Crippen LogP contribution in [0.5, 0.6) is 5.75 Å². The molecule has 0 radical (unpaired) electrons. The topological polar surface area (TPSA) is 70.7 Å². The van der Waals surface area contributed by atoms with E-state index in [0.717, 1.165) is 5.56 Å². The first-order valence-electron chi connectivity index (χ1n) is 7.22. The zero-order valence-corrected chi connectivity index (χ0v) is 13.3. The number of benzene rings is 1. The Labute approximate surface area is 134 Å². The molecular weight excluding hydrogens is 306 g/mol. The van der Waals surface area contributed by atoms with Gasteiger partial charge in [-0.15, -0.1) is 0 Å². The van der Waals surface area contributed by atoms with Gasteiger partial charge in [0.2, 0.25) is 5.91 Å². The van der Waals surface area contributed by atoms with Crippen molar-refractivity contribution < 1.29 is 14.3 Å². The standard InChI is InChI=1S/C15H20ClN3O3/c1-22-12-3-2-11(13(16)10-12)4-6-18-15(21)19-8-5-14(20)17-7-9-19/h2-3,10H,4-9H2,1H3,(H,17,20)(H,18,21). The molecule has 0 aliphatic carbocycles. The van der Waals surface area contributed by atoms with E-state index >= 15 is 0 Å². The van der Waals surface area contributed by atoms with Gasteiger partial charge in [0, 0.05) is 37.6 Å². The average molecular weight is 326 g/mol. The minimum Gasteiger partial charge on any atom is -0.497 e. The molecule has 120 valence electrons. The number of nitrogens with one attached hydrogen (secondary N) is 2. The lowest BCUT2D eigenvalue weighted by molar-refractivity contribution is -0.120. The van der Waals surface area contributed by atoms with Gasteiger partial charge in [-0.25, -0.2) is 4.79 Å². The van der Waals surface area contributed by atoms with E-state index in [1.807, 2.05) is 12.1 Å². The highest BCUT2D eigenvalue weighted by atomic mass is 35.5. The van der Waals surface area contributed by atoms with Gasteiger partial charge in [0.05, 0.1) is 7.11 Å². The number of methoxy groups -OCH3 is 1. The van der Waals surface area contributed by atoms with E-state index in [1.54, 1.807) is 18.1 Å². The molecule has 1 heterocycles. The summed E-state index contributed by atoms with van der Waals surface area (Å²) in [5.41, 5.74) is 0.954. The van der Waals surface area contributed by atoms with Crippen molar-refractivity contribution in [1.29, 1.82) is 0 Å². The second-order valence-electron chi connectivity index (χ2n) is 5.03. The molecule has 2 rings (SSSR count). The summed E-state index contributed by atoms with van der Waals surface area (Å²) < 4.78 is 5.10. The summed E-state index contributed by atoms with van der Waals surface area (Å²) >= 11 is 6.16. The number of halogens is 1. The van der Waals surface area contributed by atoms with Crippen LogP contribution in [-0.4, -0.2) is 50.1 Å². The lowest BCUT2D eigenvalue weighted by Crippen LogP contribution is -2.42. The van der Waals surface area contributed by atoms with E-state index in [2.05, 4.69) is 10.6 Å². The molecule has 0 spiro atoms. The largest absolute Gasteiger partial charge is 0.497 e. The molecule has 0 saturated carbocycles. The predicted octanol–water partition coefficient (Wildman–Crippen LogP) is 1.42. The molecule has 1 aliphatic rings. The number of nitrogens with zero attached hydrogens (tertiary/aromatic N) is 1. The molecule has 0 bridgehead atoms. The van der Waals surface area contributed by atoms with E-state index in [1.165, 1.54) is 0 Å². The van der Waals surface area contributed by atoms with Gasteiger partial charge in [-0.05, 0) is 24.1 Å². The summed E-state index contributed by atoms with van der Waals surface area (Å²) in [5.74, 6) is 0.694. The van der Waals surface area contributed by atoms with Crippen LogP contribution < -0.4 is 15.4 Å². The molecule has 1 aliphatic heterocycles. The summed E-state index contributed by atoms with van der Waals surface area (Å²) in [7, 11) is 1.59. The molecule has 7 heteroatoms. The molecule has 1 aromatic rings. The first kappa shape index (κ1) is 16.4. The number of carbonyl (C=O) groups excluding carboxylic acids is 2. The van der Waals surface area contributed by atoms with Crippen LogP contribution in [0.4, 0.5) is 4.79 Å². The van der Waals surface area contributed by atoms with Crippen LogP contribution >= 0.6 is 11.6 Å². The lowest BCUT2D eigenvalue weighted by atomic mass is 10.1. The third-order valence-corrected chi connectivity index (χ3v) is 3.88. The molecule has 3 amide bonds. The SMILES string of the molecule is COc1ccc(CCNC(=O)N2CCNC(=O)CC2)c(Cl)c1. The molecule has 0 atom stereocenters. The van der Waals surface area contributed by atoms with Gasteiger partial charge < -0.3 is 20.3 Å². The summed E-state index contributed by atoms with van der Waals surface area (Å²) in [6.07, 6.45) is 0.983. The van der Waals surface area contributed by atoms with Crippen LogP contribution in [0.1, 0.15) is 12.0 Å². The molecule has 6 nitrogen and oxygen atoms in total. The Morgan fingerprint density at radius 3 is 3.00 bits per heavy atom. The normalized spacial score (nSPS) is 15.0. The van der Waals surface area contributed by atoms with Gasteiger partial charge in [-0.1, -0.05) is 17.7 Å². The van der Waals surface area contributed by atoms with Gasteiger partial charge in [-0.2, -0.15) is 0 Å². The highest BCUT2D eigenvalue weighted by molar-refractivity contribution is 6.31. The maximum atomic E-state index is 12.1. The van der Waals surface area contributed by atoms with Gasteiger partial charge in [0.15, 0.2) is 0 Å². The van der Waals surface area contributed by atoms with E-state index in [9.17, 15) is 9.59 Å². The van der Waals surface area contributed by atoms with E-state index in [-0.39, 0.29) is 11.9 Å². The third-order valence-electron chi connectivity index (χ3n) is 3.53. The number of urea groups is 1. The number of hydrogen-bond acceptors (Lipinski definition) is 3. The van der Waals surface area contributed by atoms with Crippen LogP contribution in [0, 0.1) is 0 Å². The van der Waals surface area contributed by atoms with Gasteiger partial charge in [0.25, 0.3) is 0 Å². The van der Waals surface area contributed by atoms with E-state index in [4.69, 9.17) is 16.3 Å². The van der Waals surface area contributed by atoms with Crippen LogP contribution in [0.15, 0.2) is 18.2 Å². The zero-order valence-electron chi connectivity index (χ0n) is 12.5. The Morgan fingerprint density at radius 1 is 1.45 bits per heavy atom. The minimum absolute atomic E-state index is 0.0136. The molecule has 1 aromatic carbocycles. The minimum atomic E-state index is -0.152. The van der Waals surface area contributed by atoms with Crippen molar-refractivity contribution in [3.8, 4) is 5.75 Å². The van der Waals surface area contributed by atoms with Crippen LogP contribution in [0.2, 0.25) is 5.02 Å². The number of rotatable bonds is 4. The number of ether oxygens (including phenoxy) is 1. The van der Waals surface area contributed by atoms with Crippen molar-refractivity contribution in [1.82, 2.24) is 15.5 Å². The number of carbonyl (C=O) groups is 2. The quantitative estimate of drug-likeness (QED) is 0.879. The molecular formula is C15H20ClN3O3. The highest BCUT2D eigenvalue weighted by Gasteiger charge is 2.17. The maximum absolute atomic E-state index is 12.1. The van der Waals surface area contributed by atoms with Crippen LogP contribution in [0.25, 0.3) is 0 Å². The monoisotopic (exact) mass is 325 g/mol. The Bertz CT molecular complexity index is 551. The smallest absolute Gasteiger partial charge is 0.317 e. The molecule has 2 N–H and O–H groups in total. The van der Waals surface area contributed by atoms with Crippen molar-refractivity contribution in [3.63, 3.8) is 0 Å². The molecule has 1 saturated heterocycles. The fourth-order valence-electron chi connectivity index (χ4n) is 2.24. The summed E-state index contributed by atoms with van der Waals surface area (Å²) in [5, 5.41) is 6.22. The Hall–Kier alpha value is -1.95. The molecule has 1 fully saturated rings. The first-order valence-corrected chi connectivity index (χ1v) is 7.60. The zero-order chi connectivity index (χ0) is 15.9. The Morgan fingerprint density at radius 2 is 2.27 bits per heavy atom. The van der Waals surface area contributed by atoms with E-state index in [0.29, 0.717) is 49.8 Å². The third kappa shape index (κ3) is 4.53. The molecule has 0 aromatic heterocycles. The van der Waals surface area contributed by atoms with Crippen molar-refractivity contribution in [2.24, 2.45) is 0 Å². The van der Waals surface area contributed by atoms with Gasteiger partial charge >= 0.3 is 6.03 Å². The van der Waals surface area contributed by atoms with Crippen molar-refractivity contribution in [3.05, 3.63) is 28.8 Å². The van der Waals surface area contributed by atoms with Gasteiger partial charge in [-0.3, -0.25) is 4.79 Å². The molecule has 0 unspecified atom stereocenters. The average Bonchev–Trinajstić information content (AvgIpc) is 2.73. The Balaban J connectivity index is 1.80. The molecule has 22 heavy (non-hydrogen) atoms. The predicted molar refractivity (Wildman–Crippen MR) is 84.3 cm³/mol. The number of hydrogen-bond donors (Lipinski definition) is 2. The summed E-state index contributed by atoms with van der Waals surface area (Å²) in [6, 6.07) is 5.34. The van der Waals surface area contributed by atoms with Crippen molar-refractivity contribution >= 4 is 23.5 Å². The second kappa shape index (κ2) is 7.89. The first-order chi connectivity index (χ1) is 10.6. The number of amides is 3. The van der Waals surface area contributed by atoms with Gasteiger partial charge in [0.1, 0.15) is 5.75 Å². The maximum Gasteiger partial charge on any atom is 0.317 e. The van der Waals surface area contributed by atoms with Crippen molar-refractivity contribution in [2.45, 2.75) is 12.8 Å². The summed E-state index contributed by atoms with van der Waals surface area (Å²) in [4.78, 5) is 24.9. The van der Waals surface area contributed by atoms with Crippen molar-refractivity contribution in [2.75, 3.05) is 33.3 Å². The second-order valence-corrected chi connectivity index (χ2v) is 5.43. The fourth-order valence-corrected chi connectivity index (χ4v) is 2.51. The lowest BCUT2D eigenvalue weighted by Gasteiger charge is -2.20. The van der Waals surface area contributed by atoms with E-state index < -0.39 is 0 Å². The van der Waals surface area contributed by atoms with Crippen LogP contribution in [-0.2, 0) is 11.2 Å². The summed E-state index contributed by atoms with van der Waals surface area (Å²) in [6.45, 7) is 1.96. The van der Waals surface area contributed by atoms with Crippen LogP contribution in [0.3, 0.4) is 0 Å². The Kier molecular flexibility index (Phi) is 5.89. The fraction of sp³-hybridized carbons (Fsp3) is 0.467. The highest BCUT2D eigenvalue weighted by Crippen LogP contribution is 2.22.